The van der Waals surface area contributed by atoms with Gasteiger partial charge in [-0.2, -0.15) is 0 Å². The van der Waals surface area contributed by atoms with Crippen molar-refractivity contribution >= 4 is 75.4 Å². The molecule has 0 N–H and O–H groups in total. The summed E-state index contributed by atoms with van der Waals surface area (Å²) < 4.78 is 15.4. The molecule has 0 unspecified atom stereocenters. The third kappa shape index (κ3) is 5.55. The van der Waals surface area contributed by atoms with E-state index in [0.717, 1.165) is 71.7 Å². The van der Waals surface area contributed by atoms with Gasteiger partial charge >= 0.3 is 0 Å². The predicted octanol–water partition coefficient (Wildman–Crippen LogP) is 16.7. The van der Waals surface area contributed by atoms with Crippen molar-refractivity contribution < 1.29 is 8.83 Å². The summed E-state index contributed by atoms with van der Waals surface area (Å²) in [5, 5.41) is 6.36. The van der Waals surface area contributed by atoms with Crippen molar-refractivity contribution in [3.63, 3.8) is 0 Å². The summed E-state index contributed by atoms with van der Waals surface area (Å²) >= 11 is 1.80. The van der Waals surface area contributed by atoms with E-state index in [4.69, 9.17) is 23.8 Å². The molecule has 4 aromatic heterocycles. The van der Waals surface area contributed by atoms with Gasteiger partial charge in [-0.05, 0) is 105 Å². The highest BCUT2D eigenvalue weighted by atomic mass is 32.1. The number of nitrogens with zero attached hydrogens (tertiary/aromatic N) is 3. The van der Waals surface area contributed by atoms with E-state index in [9.17, 15) is 0 Å². The first-order chi connectivity index (χ1) is 32.4. The third-order valence-corrected chi connectivity index (χ3v) is 14.9. The quantitative estimate of drug-likeness (QED) is 0.172. The molecule has 13 aromatic rings. The molecule has 0 aliphatic heterocycles. The topological polar surface area (TPSA) is 65.0 Å². The summed E-state index contributed by atoms with van der Waals surface area (Å²) in [6, 6.07) is 66.6. The largest absolute Gasteiger partial charge is 0.456 e. The molecule has 0 spiro atoms. The van der Waals surface area contributed by atoms with Crippen LogP contribution < -0.4 is 0 Å². The van der Waals surface area contributed by atoms with Gasteiger partial charge in [-0.25, -0.2) is 15.0 Å². The van der Waals surface area contributed by atoms with Gasteiger partial charge in [-0.1, -0.05) is 141 Å². The first kappa shape index (κ1) is 37.2. The van der Waals surface area contributed by atoms with Crippen LogP contribution in [0.1, 0.15) is 25.0 Å². The Kier molecular flexibility index (Phi) is 7.84. The van der Waals surface area contributed by atoms with Crippen LogP contribution in [0.3, 0.4) is 0 Å². The van der Waals surface area contributed by atoms with Crippen LogP contribution in [-0.4, -0.2) is 15.0 Å². The van der Waals surface area contributed by atoms with Crippen molar-refractivity contribution in [2.45, 2.75) is 19.3 Å². The lowest BCUT2D eigenvalue weighted by Gasteiger charge is -2.21. The minimum absolute atomic E-state index is 0.0167. The number of aromatic nitrogens is 3. The highest BCUT2D eigenvalue weighted by Gasteiger charge is 2.35. The fourth-order valence-corrected chi connectivity index (χ4v) is 11.6. The molecule has 310 valence electrons. The standard InChI is InChI=1S/C60H37N3O2S/c1-60(2)47-16-6-3-11-39(47)44-31-36(25-28-48(44)60)34-21-23-35(24-22-34)37-26-29-50-46(32-37)56-43(15-10-19-52(56)65-50)59-62-57(38-27-30-54-45(33-38)40-12-5-8-20-53(40)66-54)61-58(63-59)42-14-9-18-51-55(42)41-13-4-7-17-49(41)64-51/h3-33H,1-2H3. The number of para-hydroxylation sites is 1. The Morgan fingerprint density at radius 3 is 1.64 bits per heavy atom. The molecule has 14 rings (SSSR count). The van der Waals surface area contributed by atoms with E-state index in [1.54, 1.807) is 11.3 Å². The van der Waals surface area contributed by atoms with Gasteiger partial charge in [-0.3, -0.25) is 0 Å². The van der Waals surface area contributed by atoms with Crippen LogP contribution in [0.15, 0.2) is 197 Å². The third-order valence-electron chi connectivity index (χ3n) is 13.8. The van der Waals surface area contributed by atoms with Gasteiger partial charge < -0.3 is 8.83 Å². The van der Waals surface area contributed by atoms with Crippen molar-refractivity contribution in [3.8, 4) is 67.5 Å². The molecule has 5 nitrogen and oxygen atoms in total. The van der Waals surface area contributed by atoms with Crippen LogP contribution >= 0.6 is 11.3 Å². The number of hydrogen-bond acceptors (Lipinski definition) is 6. The summed E-state index contributed by atoms with van der Waals surface area (Å²) in [5.41, 5.74) is 15.9. The molecule has 0 radical (unpaired) electrons. The molecule has 1 aliphatic carbocycles. The van der Waals surface area contributed by atoms with E-state index in [0.29, 0.717) is 17.5 Å². The number of fused-ring (bicyclic) bond motifs is 12. The monoisotopic (exact) mass is 863 g/mol. The van der Waals surface area contributed by atoms with Gasteiger partial charge in [0.1, 0.15) is 22.3 Å². The fourth-order valence-electron chi connectivity index (χ4n) is 10.5. The van der Waals surface area contributed by atoms with E-state index in [-0.39, 0.29) is 5.41 Å². The Labute approximate surface area is 383 Å². The zero-order chi connectivity index (χ0) is 43.7. The van der Waals surface area contributed by atoms with Crippen LogP contribution in [0.4, 0.5) is 0 Å². The highest BCUT2D eigenvalue weighted by Crippen LogP contribution is 2.50. The van der Waals surface area contributed by atoms with Crippen molar-refractivity contribution in [3.05, 3.63) is 199 Å². The second-order valence-electron chi connectivity index (χ2n) is 17.9. The zero-order valence-corrected chi connectivity index (χ0v) is 36.8. The van der Waals surface area contributed by atoms with Crippen LogP contribution in [0.2, 0.25) is 0 Å². The minimum Gasteiger partial charge on any atom is -0.456 e. The van der Waals surface area contributed by atoms with Gasteiger partial charge in [0.2, 0.25) is 0 Å². The highest BCUT2D eigenvalue weighted by molar-refractivity contribution is 7.25. The van der Waals surface area contributed by atoms with Gasteiger partial charge in [0.05, 0.1) is 0 Å². The predicted molar refractivity (Wildman–Crippen MR) is 272 cm³/mol. The zero-order valence-electron chi connectivity index (χ0n) is 36.0. The summed E-state index contributed by atoms with van der Waals surface area (Å²) in [7, 11) is 0. The van der Waals surface area contributed by atoms with Crippen molar-refractivity contribution in [2.75, 3.05) is 0 Å². The van der Waals surface area contributed by atoms with E-state index >= 15 is 0 Å². The van der Waals surface area contributed by atoms with Gasteiger partial charge in [-0.15, -0.1) is 11.3 Å². The van der Waals surface area contributed by atoms with Gasteiger partial charge in [0.25, 0.3) is 0 Å². The van der Waals surface area contributed by atoms with Crippen molar-refractivity contribution in [2.24, 2.45) is 0 Å². The summed E-state index contributed by atoms with van der Waals surface area (Å²) in [5.74, 6) is 1.74. The van der Waals surface area contributed by atoms with Gasteiger partial charge in [0, 0.05) is 63.8 Å². The average Bonchev–Trinajstić information content (AvgIpc) is 4.11. The minimum atomic E-state index is -0.0167. The maximum absolute atomic E-state index is 6.58. The molecule has 1 aliphatic rings. The fraction of sp³-hybridized carbons (Fsp3) is 0.0500. The Bertz CT molecular complexity index is 4150. The second-order valence-corrected chi connectivity index (χ2v) is 19.0. The molecule has 0 saturated carbocycles. The number of furan rings is 2. The van der Waals surface area contributed by atoms with E-state index in [1.165, 1.54) is 53.6 Å². The second kappa shape index (κ2) is 13.9. The normalized spacial score (nSPS) is 13.1. The summed E-state index contributed by atoms with van der Waals surface area (Å²) in [4.78, 5) is 15.9. The van der Waals surface area contributed by atoms with Crippen LogP contribution in [0, 0.1) is 0 Å². The van der Waals surface area contributed by atoms with Crippen LogP contribution in [0.25, 0.3) is 132 Å². The molecule has 0 saturated heterocycles. The molecular weight excluding hydrogens is 827 g/mol. The Hall–Kier alpha value is -8.19. The number of thiophene rings is 1. The molecule has 0 fully saturated rings. The lowest BCUT2D eigenvalue weighted by molar-refractivity contribution is 0.660. The Morgan fingerprint density at radius 1 is 0.348 bits per heavy atom. The number of hydrogen-bond donors (Lipinski definition) is 0. The lowest BCUT2D eigenvalue weighted by atomic mass is 9.82. The van der Waals surface area contributed by atoms with Crippen molar-refractivity contribution in [1.29, 1.82) is 0 Å². The first-order valence-electron chi connectivity index (χ1n) is 22.3. The molecular formula is C60H37N3O2S. The Morgan fingerprint density at radius 2 is 0.864 bits per heavy atom. The molecule has 66 heavy (non-hydrogen) atoms. The molecule has 0 amide bonds. The SMILES string of the molecule is CC1(C)c2ccccc2-c2cc(-c3ccc(-c4ccc5oc6cccc(-c7nc(-c8ccc9sc%10ccccc%10c9c8)nc(-c8cccc9oc%10ccccc%10c89)n7)c6c5c4)cc3)ccc21. The smallest absolute Gasteiger partial charge is 0.164 e. The first-order valence-corrected chi connectivity index (χ1v) is 23.1. The van der Waals surface area contributed by atoms with Crippen LogP contribution in [0.5, 0.6) is 0 Å². The maximum atomic E-state index is 6.58. The van der Waals surface area contributed by atoms with Crippen molar-refractivity contribution in [1.82, 2.24) is 15.0 Å². The molecule has 6 heteroatoms. The average molecular weight is 864 g/mol. The maximum Gasteiger partial charge on any atom is 0.164 e. The lowest BCUT2D eigenvalue weighted by Crippen LogP contribution is -2.14. The molecule has 0 atom stereocenters. The summed E-state index contributed by atoms with van der Waals surface area (Å²) in [6.45, 7) is 4.65. The molecule has 4 heterocycles. The summed E-state index contributed by atoms with van der Waals surface area (Å²) in [6.07, 6.45) is 0. The van der Waals surface area contributed by atoms with Gasteiger partial charge in [0.15, 0.2) is 17.5 Å². The molecule has 9 aromatic carbocycles. The van der Waals surface area contributed by atoms with E-state index in [2.05, 4.69) is 159 Å². The van der Waals surface area contributed by atoms with Crippen LogP contribution in [-0.2, 0) is 5.41 Å². The van der Waals surface area contributed by atoms with E-state index < -0.39 is 0 Å². The Balaban J connectivity index is 0.913. The number of benzene rings is 9. The van der Waals surface area contributed by atoms with E-state index in [1.807, 2.05) is 42.5 Å². The number of rotatable bonds is 5. The molecule has 0 bridgehead atoms.